The predicted molar refractivity (Wildman–Crippen MR) is 119 cm³/mol. The summed E-state index contributed by atoms with van der Waals surface area (Å²) in [4.78, 5) is 28.9. The van der Waals surface area contributed by atoms with Crippen LogP contribution in [0.5, 0.6) is 23.0 Å². The van der Waals surface area contributed by atoms with Gasteiger partial charge in [0.1, 0.15) is 0 Å². The molecule has 1 amide bonds. The Labute approximate surface area is 191 Å². The van der Waals surface area contributed by atoms with Crippen molar-refractivity contribution in [2.45, 2.75) is 45.5 Å². The van der Waals surface area contributed by atoms with Crippen LogP contribution in [0.2, 0.25) is 0 Å². The maximum Gasteiger partial charge on any atom is 0.306 e. The van der Waals surface area contributed by atoms with Gasteiger partial charge in [0.25, 0.3) is 5.85 Å². The summed E-state index contributed by atoms with van der Waals surface area (Å²) in [7, 11) is 3.12. The molecule has 0 saturated heterocycles. The summed E-state index contributed by atoms with van der Waals surface area (Å²) >= 11 is 0. The van der Waals surface area contributed by atoms with Gasteiger partial charge < -0.3 is 28.6 Å². The molecule has 9 nitrogen and oxygen atoms in total. The zero-order valence-electron chi connectivity index (χ0n) is 19.3. The van der Waals surface area contributed by atoms with E-state index in [0.29, 0.717) is 28.7 Å². The highest BCUT2D eigenvalue weighted by molar-refractivity contribution is 5.97. The van der Waals surface area contributed by atoms with Gasteiger partial charge in [0, 0.05) is 44.2 Å². The molecular weight excluding hydrogens is 428 g/mol. The molecule has 5 rings (SSSR count). The number of carbonyl (C=O) groups excluding carboxylic acids is 2. The number of rotatable bonds is 3. The third-order valence-electron chi connectivity index (χ3n) is 6.48. The molecule has 0 spiro atoms. The summed E-state index contributed by atoms with van der Waals surface area (Å²) in [6.07, 6.45) is 1.51. The summed E-state index contributed by atoms with van der Waals surface area (Å²) in [5.74, 6) is 0.157. The number of carbonyl (C=O) groups is 2. The second-order valence-corrected chi connectivity index (χ2v) is 8.41. The third kappa shape index (κ3) is 3.06. The second-order valence-electron chi connectivity index (χ2n) is 8.41. The van der Waals surface area contributed by atoms with E-state index in [-0.39, 0.29) is 18.7 Å². The Hall–Kier alpha value is -3.62. The molecule has 9 heteroatoms. The van der Waals surface area contributed by atoms with Crippen molar-refractivity contribution < 1.29 is 33.3 Å². The molecule has 0 aromatic heterocycles. The minimum atomic E-state index is -1.42. The Balaban J connectivity index is 1.79. The maximum absolute atomic E-state index is 13.1. The largest absolute Gasteiger partial charge is 0.493 e. The van der Waals surface area contributed by atoms with E-state index in [4.69, 9.17) is 23.7 Å². The zero-order chi connectivity index (χ0) is 23.5. The molecule has 33 heavy (non-hydrogen) atoms. The molecule has 0 unspecified atom stereocenters. The van der Waals surface area contributed by atoms with Gasteiger partial charge in [-0.1, -0.05) is 0 Å². The lowest BCUT2D eigenvalue weighted by Crippen LogP contribution is -2.67. The summed E-state index contributed by atoms with van der Waals surface area (Å²) in [6, 6.07) is 7.34. The average Bonchev–Trinajstić information content (AvgIpc) is 3.22. The van der Waals surface area contributed by atoms with Crippen molar-refractivity contribution in [1.82, 2.24) is 0 Å². The third-order valence-corrected chi connectivity index (χ3v) is 6.48. The lowest BCUT2D eigenvalue weighted by molar-refractivity contribution is -0.158. The number of anilines is 2. The van der Waals surface area contributed by atoms with Crippen LogP contribution >= 0.6 is 0 Å². The average molecular weight is 454 g/mol. The molecule has 0 saturated carbocycles. The number of hydrogen-bond acceptors (Lipinski definition) is 8. The van der Waals surface area contributed by atoms with Gasteiger partial charge in [0.2, 0.25) is 12.7 Å². The molecule has 2 aromatic carbocycles. The highest BCUT2D eigenvalue weighted by Crippen LogP contribution is 2.55. The van der Waals surface area contributed by atoms with Crippen LogP contribution in [0.1, 0.15) is 44.4 Å². The van der Waals surface area contributed by atoms with Crippen LogP contribution in [0.25, 0.3) is 0 Å². The quantitative estimate of drug-likeness (QED) is 0.651. The Morgan fingerprint density at radius 1 is 1.00 bits per heavy atom. The van der Waals surface area contributed by atoms with Crippen LogP contribution in [-0.4, -0.2) is 38.7 Å². The van der Waals surface area contributed by atoms with E-state index in [1.54, 1.807) is 27.2 Å². The van der Waals surface area contributed by atoms with Gasteiger partial charge in [0.05, 0.1) is 25.9 Å². The van der Waals surface area contributed by atoms with E-state index in [1.807, 2.05) is 23.1 Å². The monoisotopic (exact) mass is 454 g/mol. The number of esters is 1. The molecular formula is C24H26N2O7. The van der Waals surface area contributed by atoms with Crippen molar-refractivity contribution in [2.75, 3.05) is 30.8 Å². The number of hydrogen-bond donors (Lipinski definition) is 0. The van der Waals surface area contributed by atoms with E-state index in [2.05, 4.69) is 0 Å². The summed E-state index contributed by atoms with van der Waals surface area (Å²) in [5.41, 5.74) is 3.36. The second kappa shape index (κ2) is 7.47. The Kier molecular flexibility index (Phi) is 4.81. The van der Waals surface area contributed by atoms with Crippen LogP contribution < -0.4 is 28.7 Å². The fourth-order valence-electron chi connectivity index (χ4n) is 5.30. The number of benzene rings is 2. The molecule has 0 N–H and O–H groups in total. The topological polar surface area (TPSA) is 86.8 Å². The first-order valence-corrected chi connectivity index (χ1v) is 10.8. The van der Waals surface area contributed by atoms with Gasteiger partial charge >= 0.3 is 5.97 Å². The first-order chi connectivity index (χ1) is 15.8. The highest BCUT2D eigenvalue weighted by Gasteiger charge is 2.54. The molecule has 0 bridgehead atoms. The van der Waals surface area contributed by atoms with E-state index < -0.39 is 11.8 Å². The van der Waals surface area contributed by atoms with Crippen molar-refractivity contribution in [2.24, 2.45) is 0 Å². The first kappa shape index (κ1) is 21.2. The molecule has 3 heterocycles. The fourth-order valence-corrected chi connectivity index (χ4v) is 5.30. The number of nitrogens with zero attached hydrogens (tertiary/aromatic N) is 2. The van der Waals surface area contributed by atoms with Crippen molar-refractivity contribution in [3.8, 4) is 23.0 Å². The summed E-state index contributed by atoms with van der Waals surface area (Å²) in [6.45, 7) is 4.69. The smallest absolute Gasteiger partial charge is 0.306 e. The fraction of sp³-hybridized carbons (Fsp3) is 0.417. The molecule has 2 atom stereocenters. The number of ether oxygens (including phenoxy) is 5. The van der Waals surface area contributed by atoms with E-state index >= 15 is 0 Å². The van der Waals surface area contributed by atoms with Crippen molar-refractivity contribution in [3.63, 3.8) is 0 Å². The minimum Gasteiger partial charge on any atom is -0.493 e. The van der Waals surface area contributed by atoms with Gasteiger partial charge in [-0.2, -0.15) is 0 Å². The van der Waals surface area contributed by atoms with E-state index in [9.17, 15) is 9.59 Å². The molecule has 3 aliphatic rings. The van der Waals surface area contributed by atoms with Gasteiger partial charge in [-0.15, -0.1) is 0 Å². The summed E-state index contributed by atoms with van der Waals surface area (Å²) in [5, 5.41) is 0. The lowest BCUT2D eigenvalue weighted by Gasteiger charge is -2.56. The van der Waals surface area contributed by atoms with Gasteiger partial charge in [0.15, 0.2) is 23.0 Å². The Bertz CT molecular complexity index is 1160. The Morgan fingerprint density at radius 3 is 2.30 bits per heavy atom. The summed E-state index contributed by atoms with van der Waals surface area (Å²) < 4.78 is 28.2. The molecule has 2 aromatic rings. The van der Waals surface area contributed by atoms with Gasteiger partial charge in [-0.3, -0.25) is 14.5 Å². The molecule has 3 aliphatic heterocycles. The zero-order valence-corrected chi connectivity index (χ0v) is 19.3. The standard InChI is InChI=1S/C24H26N2O7/c1-13(27)25-19-11-21(30-5)20(29-4)9-16(19)17-7-6-15-8-22-23(32-12-31-22)10-18(15)26(17)24(25,3)33-14(2)28/h8-11,17H,6-7,12H2,1-5H3/t17-,24+/m0/s1. The SMILES string of the molecule is COc1cc2c(cc1OC)N(C(C)=O)[C@@](C)(OC(C)=O)N1c3cc4c(cc3CC[C@@H]21)OCO4. The van der Waals surface area contributed by atoms with Crippen LogP contribution in [0.4, 0.5) is 11.4 Å². The van der Waals surface area contributed by atoms with Crippen molar-refractivity contribution >= 4 is 23.3 Å². The maximum atomic E-state index is 13.1. The van der Waals surface area contributed by atoms with Gasteiger partial charge in [-0.05, 0) is 30.5 Å². The van der Waals surface area contributed by atoms with Crippen LogP contribution in [0.3, 0.4) is 0 Å². The highest BCUT2D eigenvalue weighted by atomic mass is 16.7. The van der Waals surface area contributed by atoms with Crippen molar-refractivity contribution in [3.05, 3.63) is 35.4 Å². The number of aryl methyl sites for hydroxylation is 1. The minimum absolute atomic E-state index is 0.155. The van der Waals surface area contributed by atoms with Crippen LogP contribution in [0.15, 0.2) is 24.3 Å². The van der Waals surface area contributed by atoms with Gasteiger partial charge in [-0.25, -0.2) is 0 Å². The molecule has 0 radical (unpaired) electrons. The van der Waals surface area contributed by atoms with E-state index in [1.165, 1.54) is 18.7 Å². The normalized spacial score (nSPS) is 22.2. The molecule has 0 fully saturated rings. The number of amides is 1. The molecule has 174 valence electrons. The number of fused-ring (bicyclic) bond motifs is 6. The Morgan fingerprint density at radius 2 is 1.67 bits per heavy atom. The lowest BCUT2D eigenvalue weighted by atomic mass is 9.86. The predicted octanol–water partition coefficient (Wildman–Crippen LogP) is 3.53. The molecule has 0 aliphatic carbocycles. The van der Waals surface area contributed by atoms with Crippen LogP contribution in [-0.2, 0) is 20.7 Å². The van der Waals surface area contributed by atoms with Crippen LogP contribution in [0, 0.1) is 0 Å². The first-order valence-electron chi connectivity index (χ1n) is 10.8. The number of methoxy groups -OCH3 is 2. The van der Waals surface area contributed by atoms with Crippen molar-refractivity contribution in [1.29, 1.82) is 0 Å². The van der Waals surface area contributed by atoms with E-state index in [0.717, 1.165) is 29.7 Å².